The first-order chi connectivity index (χ1) is 8.34. The Balaban J connectivity index is 1.47. The van der Waals surface area contributed by atoms with Crippen LogP contribution >= 0.6 is 0 Å². The maximum absolute atomic E-state index is 5.66. The molecule has 1 fully saturated rings. The summed E-state index contributed by atoms with van der Waals surface area (Å²) in [5, 5.41) is 0. The van der Waals surface area contributed by atoms with Crippen LogP contribution in [0, 0.1) is 5.92 Å². The highest BCUT2D eigenvalue weighted by atomic mass is 16.5. The van der Waals surface area contributed by atoms with E-state index in [9.17, 15) is 0 Å². The van der Waals surface area contributed by atoms with Gasteiger partial charge in [0, 0.05) is 31.4 Å². The Kier molecular flexibility index (Phi) is 4.68. The largest absolute Gasteiger partial charge is 0.493 e. The number of nitrogens with two attached hydrogens (primary N) is 1. The van der Waals surface area contributed by atoms with E-state index in [2.05, 4.69) is 0 Å². The Morgan fingerprint density at radius 3 is 2.82 bits per heavy atom. The maximum Gasteiger partial charge on any atom is 0.121 e. The van der Waals surface area contributed by atoms with Crippen molar-refractivity contribution in [3.05, 3.63) is 24.3 Å². The number of hydrogen-bond acceptors (Lipinski definition) is 3. The summed E-state index contributed by atoms with van der Waals surface area (Å²) in [4.78, 5) is 0. The molecule has 0 aromatic heterocycles. The molecule has 17 heavy (non-hydrogen) atoms. The minimum Gasteiger partial charge on any atom is -0.493 e. The van der Waals surface area contributed by atoms with E-state index in [1.165, 1.54) is 19.3 Å². The first-order valence-electron chi connectivity index (χ1n) is 6.40. The van der Waals surface area contributed by atoms with E-state index in [1.54, 1.807) is 0 Å². The van der Waals surface area contributed by atoms with Gasteiger partial charge in [-0.1, -0.05) is 18.9 Å². The molecule has 0 bridgehead atoms. The topological polar surface area (TPSA) is 44.5 Å². The third-order valence-electron chi connectivity index (χ3n) is 2.93. The van der Waals surface area contributed by atoms with E-state index in [1.807, 2.05) is 24.3 Å². The molecule has 94 valence electrons. The van der Waals surface area contributed by atoms with Crippen molar-refractivity contribution in [2.75, 3.05) is 25.6 Å². The number of nitrogen functional groups attached to an aromatic ring is 1. The summed E-state index contributed by atoms with van der Waals surface area (Å²) >= 11 is 0. The molecular weight excluding hydrogens is 214 g/mol. The molecule has 3 heteroatoms. The summed E-state index contributed by atoms with van der Waals surface area (Å²) in [7, 11) is 0. The van der Waals surface area contributed by atoms with Gasteiger partial charge in [0.25, 0.3) is 0 Å². The standard InChI is InChI=1S/C14H21NO2/c15-13-3-1-4-14(11-13)17-9-2-8-16-10-7-12-5-6-12/h1,3-4,11-12H,2,5-10,15H2. The Morgan fingerprint density at radius 1 is 1.18 bits per heavy atom. The summed E-state index contributed by atoms with van der Waals surface area (Å²) in [5.41, 5.74) is 6.40. The zero-order valence-corrected chi connectivity index (χ0v) is 10.2. The molecule has 0 amide bonds. The summed E-state index contributed by atoms with van der Waals surface area (Å²) in [5.74, 6) is 1.79. The highest BCUT2D eigenvalue weighted by Gasteiger charge is 2.20. The molecule has 2 N–H and O–H groups in total. The summed E-state index contributed by atoms with van der Waals surface area (Å²) in [6.45, 7) is 2.38. The van der Waals surface area contributed by atoms with Crippen molar-refractivity contribution in [3.8, 4) is 5.75 Å². The van der Waals surface area contributed by atoms with Crippen molar-refractivity contribution < 1.29 is 9.47 Å². The van der Waals surface area contributed by atoms with Gasteiger partial charge < -0.3 is 15.2 Å². The second-order valence-corrected chi connectivity index (χ2v) is 4.62. The summed E-state index contributed by atoms with van der Waals surface area (Å²) < 4.78 is 11.1. The zero-order chi connectivity index (χ0) is 11.9. The molecule has 1 aliphatic carbocycles. The fourth-order valence-corrected chi connectivity index (χ4v) is 1.71. The zero-order valence-electron chi connectivity index (χ0n) is 10.2. The molecule has 2 rings (SSSR count). The van der Waals surface area contributed by atoms with E-state index in [4.69, 9.17) is 15.2 Å². The first kappa shape index (κ1) is 12.2. The smallest absolute Gasteiger partial charge is 0.121 e. The van der Waals surface area contributed by atoms with Gasteiger partial charge in [0.1, 0.15) is 5.75 Å². The van der Waals surface area contributed by atoms with Crippen LogP contribution in [0.5, 0.6) is 5.75 Å². The number of benzene rings is 1. The lowest BCUT2D eigenvalue weighted by molar-refractivity contribution is 0.114. The van der Waals surface area contributed by atoms with Crippen LogP contribution in [0.25, 0.3) is 0 Å². The van der Waals surface area contributed by atoms with Crippen LogP contribution in [0.3, 0.4) is 0 Å². The third-order valence-corrected chi connectivity index (χ3v) is 2.93. The van der Waals surface area contributed by atoms with Crippen LogP contribution in [0.15, 0.2) is 24.3 Å². The minimum atomic E-state index is 0.687. The lowest BCUT2D eigenvalue weighted by Crippen LogP contribution is -2.04. The van der Waals surface area contributed by atoms with Crippen molar-refractivity contribution in [3.63, 3.8) is 0 Å². The lowest BCUT2D eigenvalue weighted by Gasteiger charge is -2.07. The molecule has 0 saturated heterocycles. The summed E-state index contributed by atoms with van der Waals surface area (Å²) in [6, 6.07) is 7.52. The molecule has 0 aliphatic heterocycles. The van der Waals surface area contributed by atoms with E-state index in [0.717, 1.165) is 37.0 Å². The van der Waals surface area contributed by atoms with Crippen LogP contribution in [0.4, 0.5) is 5.69 Å². The Morgan fingerprint density at radius 2 is 2.06 bits per heavy atom. The van der Waals surface area contributed by atoms with Crippen LogP contribution in [-0.4, -0.2) is 19.8 Å². The van der Waals surface area contributed by atoms with Gasteiger partial charge in [-0.25, -0.2) is 0 Å². The summed E-state index contributed by atoms with van der Waals surface area (Å²) in [6.07, 6.45) is 4.97. The molecule has 1 saturated carbocycles. The average molecular weight is 235 g/mol. The Labute approximate surface area is 103 Å². The van der Waals surface area contributed by atoms with Crippen molar-refractivity contribution in [1.29, 1.82) is 0 Å². The van der Waals surface area contributed by atoms with Crippen LogP contribution < -0.4 is 10.5 Å². The van der Waals surface area contributed by atoms with Crippen molar-refractivity contribution in [2.24, 2.45) is 5.92 Å². The van der Waals surface area contributed by atoms with Gasteiger partial charge in [0.15, 0.2) is 0 Å². The van der Waals surface area contributed by atoms with Crippen LogP contribution in [-0.2, 0) is 4.74 Å². The van der Waals surface area contributed by atoms with Gasteiger partial charge in [0.05, 0.1) is 6.61 Å². The van der Waals surface area contributed by atoms with E-state index in [0.29, 0.717) is 6.61 Å². The molecule has 1 aliphatic rings. The van der Waals surface area contributed by atoms with Crippen molar-refractivity contribution in [1.82, 2.24) is 0 Å². The van der Waals surface area contributed by atoms with Gasteiger partial charge in [-0.05, 0) is 24.5 Å². The Bertz CT molecular complexity index is 337. The average Bonchev–Trinajstić information content (AvgIpc) is 3.12. The normalized spacial score (nSPS) is 14.8. The number of hydrogen-bond donors (Lipinski definition) is 1. The third kappa shape index (κ3) is 5.09. The quantitative estimate of drug-likeness (QED) is 0.556. The monoisotopic (exact) mass is 235 g/mol. The van der Waals surface area contributed by atoms with Gasteiger partial charge in [-0.2, -0.15) is 0 Å². The Hall–Kier alpha value is -1.22. The fraction of sp³-hybridized carbons (Fsp3) is 0.571. The molecule has 0 spiro atoms. The number of ether oxygens (including phenoxy) is 2. The second kappa shape index (κ2) is 6.50. The molecule has 1 aromatic rings. The lowest BCUT2D eigenvalue weighted by atomic mass is 10.3. The van der Waals surface area contributed by atoms with Gasteiger partial charge in [0.2, 0.25) is 0 Å². The molecule has 0 radical (unpaired) electrons. The maximum atomic E-state index is 5.66. The molecule has 0 unspecified atom stereocenters. The molecular formula is C14H21NO2. The predicted molar refractivity (Wildman–Crippen MR) is 69.1 cm³/mol. The van der Waals surface area contributed by atoms with Crippen LogP contribution in [0.2, 0.25) is 0 Å². The van der Waals surface area contributed by atoms with Gasteiger partial charge in [-0.3, -0.25) is 0 Å². The molecule has 0 heterocycles. The van der Waals surface area contributed by atoms with Crippen molar-refractivity contribution in [2.45, 2.75) is 25.7 Å². The highest BCUT2D eigenvalue weighted by molar-refractivity contribution is 5.43. The van der Waals surface area contributed by atoms with E-state index >= 15 is 0 Å². The highest BCUT2D eigenvalue weighted by Crippen LogP contribution is 2.32. The minimum absolute atomic E-state index is 0.687. The van der Waals surface area contributed by atoms with E-state index < -0.39 is 0 Å². The fourth-order valence-electron chi connectivity index (χ4n) is 1.71. The van der Waals surface area contributed by atoms with Crippen molar-refractivity contribution >= 4 is 5.69 Å². The second-order valence-electron chi connectivity index (χ2n) is 4.62. The number of anilines is 1. The predicted octanol–water partition coefficient (Wildman–Crippen LogP) is 2.85. The molecule has 0 atom stereocenters. The van der Waals surface area contributed by atoms with Gasteiger partial charge >= 0.3 is 0 Å². The molecule has 1 aromatic carbocycles. The van der Waals surface area contributed by atoms with Gasteiger partial charge in [-0.15, -0.1) is 0 Å². The SMILES string of the molecule is Nc1cccc(OCCCOCCC2CC2)c1. The first-order valence-corrected chi connectivity index (χ1v) is 6.40. The number of rotatable bonds is 8. The van der Waals surface area contributed by atoms with Crippen LogP contribution in [0.1, 0.15) is 25.7 Å². The molecule has 3 nitrogen and oxygen atoms in total. The van der Waals surface area contributed by atoms with E-state index in [-0.39, 0.29) is 0 Å².